The van der Waals surface area contributed by atoms with Crippen LogP contribution in [-0.4, -0.2) is 16.6 Å². The van der Waals surface area contributed by atoms with Gasteiger partial charge in [-0.25, -0.2) is 4.98 Å². The predicted molar refractivity (Wildman–Crippen MR) is 113 cm³/mol. The monoisotopic (exact) mass is 377 g/mol. The number of hydrogen-bond donors (Lipinski definition) is 1. The number of rotatable bonds is 6. The molecule has 4 rings (SSSR count). The standard InChI is InChI=1S/C22H23N3OS/c1-2-26-21-12-13-23-14-19(21)24-22-25-20(15-27-22)18-10-8-17(9-11-18)16-6-4-3-5-7-16/h6,8-15H,2-5,7H2,1H3,(H,24,25). The van der Waals surface area contributed by atoms with Crippen molar-refractivity contribution in [3.8, 4) is 17.0 Å². The van der Waals surface area contributed by atoms with E-state index < -0.39 is 0 Å². The van der Waals surface area contributed by atoms with Gasteiger partial charge in [0.15, 0.2) is 5.13 Å². The fourth-order valence-electron chi connectivity index (χ4n) is 3.29. The number of hydrogen-bond acceptors (Lipinski definition) is 5. The van der Waals surface area contributed by atoms with Gasteiger partial charge >= 0.3 is 0 Å². The second kappa shape index (κ2) is 8.35. The van der Waals surface area contributed by atoms with Crippen LogP contribution in [0.15, 0.2) is 54.2 Å². The number of nitrogens with zero attached hydrogens (tertiary/aromatic N) is 2. The molecule has 0 amide bonds. The summed E-state index contributed by atoms with van der Waals surface area (Å²) in [6, 6.07) is 10.6. The molecule has 5 heteroatoms. The molecular weight excluding hydrogens is 354 g/mol. The molecule has 27 heavy (non-hydrogen) atoms. The topological polar surface area (TPSA) is 47.0 Å². The Morgan fingerprint density at radius 1 is 1.11 bits per heavy atom. The summed E-state index contributed by atoms with van der Waals surface area (Å²) in [5, 5.41) is 6.23. The Bertz CT molecular complexity index is 931. The first-order valence-electron chi connectivity index (χ1n) is 9.42. The molecule has 2 heterocycles. The zero-order chi connectivity index (χ0) is 18.5. The van der Waals surface area contributed by atoms with Gasteiger partial charge in [0.1, 0.15) is 11.4 Å². The lowest BCUT2D eigenvalue weighted by Crippen LogP contribution is -1.98. The van der Waals surface area contributed by atoms with Crippen LogP contribution in [0.2, 0.25) is 0 Å². The molecule has 4 nitrogen and oxygen atoms in total. The molecule has 0 bridgehead atoms. The largest absolute Gasteiger partial charge is 0.492 e. The van der Waals surface area contributed by atoms with E-state index in [2.05, 4.69) is 46.0 Å². The molecule has 1 aromatic carbocycles. The van der Waals surface area contributed by atoms with Crippen molar-refractivity contribution in [2.24, 2.45) is 0 Å². The Balaban J connectivity index is 1.50. The van der Waals surface area contributed by atoms with Gasteiger partial charge in [-0.2, -0.15) is 0 Å². The van der Waals surface area contributed by atoms with E-state index in [-0.39, 0.29) is 0 Å². The van der Waals surface area contributed by atoms with Crippen LogP contribution in [0.1, 0.15) is 38.2 Å². The normalized spacial score (nSPS) is 13.9. The Kier molecular flexibility index (Phi) is 5.49. The van der Waals surface area contributed by atoms with E-state index in [1.165, 1.54) is 36.8 Å². The molecule has 138 valence electrons. The molecule has 0 saturated carbocycles. The number of pyridine rings is 1. The summed E-state index contributed by atoms with van der Waals surface area (Å²) in [5.74, 6) is 0.786. The zero-order valence-electron chi connectivity index (χ0n) is 15.4. The van der Waals surface area contributed by atoms with Crippen molar-refractivity contribution in [3.05, 3.63) is 59.7 Å². The lowest BCUT2D eigenvalue weighted by atomic mass is 9.93. The van der Waals surface area contributed by atoms with Crippen LogP contribution in [0.3, 0.4) is 0 Å². The Labute approximate surface area is 164 Å². The molecule has 0 unspecified atom stereocenters. The minimum atomic E-state index is 0.616. The molecule has 0 aliphatic heterocycles. The second-order valence-electron chi connectivity index (χ2n) is 6.52. The summed E-state index contributed by atoms with van der Waals surface area (Å²) in [6.07, 6.45) is 10.9. The second-order valence-corrected chi connectivity index (χ2v) is 7.38. The molecule has 2 aromatic heterocycles. The average molecular weight is 378 g/mol. The molecule has 3 aromatic rings. The minimum Gasteiger partial charge on any atom is -0.492 e. The first-order chi connectivity index (χ1) is 13.3. The third kappa shape index (κ3) is 4.19. The van der Waals surface area contributed by atoms with Gasteiger partial charge in [-0.05, 0) is 43.7 Å². The average Bonchev–Trinajstić information content (AvgIpc) is 3.19. The van der Waals surface area contributed by atoms with E-state index in [0.717, 1.165) is 27.8 Å². The minimum absolute atomic E-state index is 0.616. The number of thiazole rings is 1. The van der Waals surface area contributed by atoms with E-state index in [0.29, 0.717) is 6.61 Å². The van der Waals surface area contributed by atoms with Crippen molar-refractivity contribution in [1.29, 1.82) is 0 Å². The van der Waals surface area contributed by atoms with E-state index >= 15 is 0 Å². The van der Waals surface area contributed by atoms with E-state index in [1.807, 2.05) is 13.0 Å². The molecular formula is C22H23N3OS. The molecule has 1 N–H and O–H groups in total. The van der Waals surface area contributed by atoms with Crippen molar-refractivity contribution >= 4 is 27.7 Å². The van der Waals surface area contributed by atoms with Gasteiger partial charge in [0.05, 0.1) is 18.5 Å². The van der Waals surface area contributed by atoms with Crippen LogP contribution >= 0.6 is 11.3 Å². The summed E-state index contributed by atoms with van der Waals surface area (Å²) in [7, 11) is 0. The first kappa shape index (κ1) is 17.7. The molecule has 0 spiro atoms. The Morgan fingerprint density at radius 3 is 2.74 bits per heavy atom. The maximum absolute atomic E-state index is 5.64. The predicted octanol–water partition coefficient (Wildman–Crippen LogP) is 6.30. The first-order valence-corrected chi connectivity index (χ1v) is 10.3. The van der Waals surface area contributed by atoms with E-state index in [4.69, 9.17) is 9.72 Å². The maximum Gasteiger partial charge on any atom is 0.187 e. The number of anilines is 2. The lowest BCUT2D eigenvalue weighted by molar-refractivity contribution is 0.341. The maximum atomic E-state index is 5.64. The fraction of sp³-hybridized carbons (Fsp3) is 0.273. The number of allylic oxidation sites excluding steroid dienone is 2. The van der Waals surface area contributed by atoms with Gasteiger partial charge in [0.2, 0.25) is 0 Å². The highest BCUT2D eigenvalue weighted by atomic mass is 32.1. The van der Waals surface area contributed by atoms with Gasteiger partial charge in [0.25, 0.3) is 0 Å². The van der Waals surface area contributed by atoms with Crippen LogP contribution < -0.4 is 10.1 Å². The van der Waals surface area contributed by atoms with Gasteiger partial charge < -0.3 is 10.1 Å². The lowest BCUT2D eigenvalue weighted by Gasteiger charge is -2.13. The summed E-state index contributed by atoms with van der Waals surface area (Å²) in [5.41, 5.74) is 5.77. The molecule has 0 fully saturated rings. The Hall–Kier alpha value is -2.66. The van der Waals surface area contributed by atoms with Crippen LogP contribution in [0.5, 0.6) is 5.75 Å². The van der Waals surface area contributed by atoms with Crippen LogP contribution in [0, 0.1) is 0 Å². The third-order valence-corrected chi connectivity index (χ3v) is 5.43. The molecule has 0 radical (unpaired) electrons. The van der Waals surface area contributed by atoms with Crippen molar-refractivity contribution in [2.45, 2.75) is 32.6 Å². The quantitative estimate of drug-likeness (QED) is 0.547. The summed E-state index contributed by atoms with van der Waals surface area (Å²) in [4.78, 5) is 8.90. The van der Waals surface area contributed by atoms with Crippen molar-refractivity contribution in [2.75, 3.05) is 11.9 Å². The van der Waals surface area contributed by atoms with Gasteiger partial charge in [-0.15, -0.1) is 11.3 Å². The van der Waals surface area contributed by atoms with Gasteiger partial charge in [-0.1, -0.05) is 30.3 Å². The summed E-state index contributed by atoms with van der Waals surface area (Å²) < 4.78 is 5.64. The van der Waals surface area contributed by atoms with Gasteiger partial charge in [0, 0.05) is 23.2 Å². The van der Waals surface area contributed by atoms with Crippen molar-refractivity contribution in [3.63, 3.8) is 0 Å². The fourth-order valence-corrected chi connectivity index (χ4v) is 4.02. The van der Waals surface area contributed by atoms with E-state index in [1.54, 1.807) is 23.7 Å². The molecule has 0 atom stereocenters. The number of aromatic nitrogens is 2. The Morgan fingerprint density at radius 2 is 1.96 bits per heavy atom. The summed E-state index contributed by atoms with van der Waals surface area (Å²) in [6.45, 7) is 2.59. The van der Waals surface area contributed by atoms with Crippen molar-refractivity contribution in [1.82, 2.24) is 9.97 Å². The third-order valence-electron chi connectivity index (χ3n) is 4.67. The highest BCUT2D eigenvalue weighted by Gasteiger charge is 2.10. The zero-order valence-corrected chi connectivity index (χ0v) is 16.3. The number of benzene rings is 1. The highest BCUT2D eigenvalue weighted by Crippen LogP contribution is 2.32. The SMILES string of the molecule is CCOc1ccncc1Nc1nc(-c2ccc(C3=CCCCC3)cc2)cs1. The number of ether oxygens (including phenoxy) is 1. The highest BCUT2D eigenvalue weighted by molar-refractivity contribution is 7.14. The van der Waals surface area contributed by atoms with E-state index in [9.17, 15) is 0 Å². The molecule has 1 aliphatic carbocycles. The number of nitrogens with one attached hydrogen (secondary N) is 1. The van der Waals surface area contributed by atoms with Crippen LogP contribution in [0.25, 0.3) is 16.8 Å². The van der Waals surface area contributed by atoms with Crippen molar-refractivity contribution < 1.29 is 4.74 Å². The molecule has 1 aliphatic rings. The van der Waals surface area contributed by atoms with Crippen LogP contribution in [-0.2, 0) is 0 Å². The smallest absolute Gasteiger partial charge is 0.187 e. The van der Waals surface area contributed by atoms with Gasteiger partial charge in [-0.3, -0.25) is 4.98 Å². The van der Waals surface area contributed by atoms with Crippen LogP contribution in [0.4, 0.5) is 10.8 Å². The molecule has 0 saturated heterocycles. The summed E-state index contributed by atoms with van der Waals surface area (Å²) >= 11 is 1.58.